The van der Waals surface area contributed by atoms with Gasteiger partial charge in [-0.3, -0.25) is 0 Å². The van der Waals surface area contributed by atoms with Gasteiger partial charge >= 0.3 is 11.9 Å². The van der Waals surface area contributed by atoms with E-state index >= 15 is 0 Å². The summed E-state index contributed by atoms with van der Waals surface area (Å²) in [6.07, 6.45) is 0. The van der Waals surface area contributed by atoms with E-state index in [9.17, 15) is 4.79 Å². The molecule has 0 saturated heterocycles. The van der Waals surface area contributed by atoms with Crippen LogP contribution >= 0.6 is 11.8 Å². The number of imidazole rings is 1. The molecule has 1 aromatic carbocycles. The number of aromatic nitrogens is 4. The minimum atomic E-state index is -0.611. The van der Waals surface area contributed by atoms with Crippen LogP contribution in [0.15, 0.2) is 33.9 Å². The molecule has 21 heavy (non-hydrogen) atoms. The number of thioether (sulfide) groups is 1. The summed E-state index contributed by atoms with van der Waals surface area (Å²) >= 11 is 1.30. The lowest BCUT2D eigenvalue weighted by Gasteiger charge is -1.94. The van der Waals surface area contributed by atoms with Crippen molar-refractivity contribution in [2.24, 2.45) is 0 Å². The molecule has 7 nitrogen and oxygen atoms in total. The van der Waals surface area contributed by atoms with E-state index in [0.717, 1.165) is 16.9 Å². The monoisotopic (exact) mass is 304 g/mol. The summed E-state index contributed by atoms with van der Waals surface area (Å²) in [6.45, 7) is 1.98. The molecule has 2 heterocycles. The summed E-state index contributed by atoms with van der Waals surface area (Å²) in [5, 5.41) is 7.74. The molecule has 0 amide bonds. The van der Waals surface area contributed by atoms with Gasteiger partial charge in [0.1, 0.15) is 5.82 Å². The summed E-state index contributed by atoms with van der Waals surface area (Å²) in [5.41, 5.74) is 1.89. The fraction of sp³-hybridized carbons (Fsp3) is 0.231. The number of H-pyrrole nitrogens is 1. The van der Waals surface area contributed by atoms with Gasteiger partial charge in [0.25, 0.3) is 5.22 Å². The van der Waals surface area contributed by atoms with Crippen molar-refractivity contribution in [2.45, 2.75) is 17.9 Å². The lowest BCUT2D eigenvalue weighted by atomic mass is 10.3. The zero-order valence-corrected chi connectivity index (χ0v) is 12.0. The Bertz CT molecular complexity index is 734. The van der Waals surface area contributed by atoms with Crippen molar-refractivity contribution in [1.82, 2.24) is 20.2 Å². The Morgan fingerprint density at radius 1 is 1.38 bits per heavy atom. The number of fused-ring (bicyclic) bond motifs is 1. The number of carbonyl (C=O) groups is 1. The van der Waals surface area contributed by atoms with E-state index in [2.05, 4.69) is 20.2 Å². The maximum atomic E-state index is 11.4. The van der Waals surface area contributed by atoms with Crippen LogP contribution in [-0.4, -0.2) is 32.7 Å². The molecule has 0 aliphatic carbocycles. The number of nitrogens with one attached hydrogen (secondary N) is 1. The number of para-hydroxylation sites is 2. The third kappa shape index (κ3) is 3.05. The van der Waals surface area contributed by atoms with Crippen molar-refractivity contribution in [3.05, 3.63) is 36.0 Å². The van der Waals surface area contributed by atoms with Gasteiger partial charge in [-0.2, -0.15) is 0 Å². The quantitative estimate of drug-likeness (QED) is 0.571. The van der Waals surface area contributed by atoms with E-state index in [4.69, 9.17) is 9.15 Å². The number of hydrogen-bond donors (Lipinski definition) is 1. The maximum absolute atomic E-state index is 11.4. The SMILES string of the molecule is CCOC(=O)c1nnc(SCc2nc3ccccc3[nH]2)o1. The van der Waals surface area contributed by atoms with Crippen LogP contribution in [0.25, 0.3) is 11.0 Å². The molecular formula is C13H12N4O3S. The van der Waals surface area contributed by atoms with Crippen LogP contribution in [0.2, 0.25) is 0 Å². The minimum absolute atomic E-state index is 0.135. The number of hydrogen-bond acceptors (Lipinski definition) is 7. The van der Waals surface area contributed by atoms with Gasteiger partial charge in [-0.15, -0.1) is 5.10 Å². The van der Waals surface area contributed by atoms with E-state index < -0.39 is 5.97 Å². The molecule has 0 unspecified atom stereocenters. The van der Waals surface area contributed by atoms with E-state index in [1.54, 1.807) is 6.92 Å². The molecule has 0 aliphatic rings. The Morgan fingerprint density at radius 2 is 2.24 bits per heavy atom. The molecule has 0 atom stereocenters. The molecule has 0 radical (unpaired) electrons. The zero-order valence-electron chi connectivity index (χ0n) is 11.2. The Kier molecular flexibility index (Phi) is 3.87. The van der Waals surface area contributed by atoms with Crippen molar-refractivity contribution in [1.29, 1.82) is 0 Å². The Hall–Kier alpha value is -2.35. The first kappa shape index (κ1) is 13.6. The van der Waals surface area contributed by atoms with Crippen LogP contribution in [0.4, 0.5) is 0 Å². The first-order chi connectivity index (χ1) is 10.3. The van der Waals surface area contributed by atoms with Gasteiger partial charge in [0.15, 0.2) is 0 Å². The third-order valence-electron chi connectivity index (χ3n) is 2.63. The van der Waals surface area contributed by atoms with Crippen LogP contribution in [0, 0.1) is 0 Å². The van der Waals surface area contributed by atoms with Gasteiger partial charge < -0.3 is 14.1 Å². The molecule has 3 aromatic rings. The molecular weight excluding hydrogens is 292 g/mol. The fourth-order valence-electron chi connectivity index (χ4n) is 1.75. The van der Waals surface area contributed by atoms with E-state index in [0.29, 0.717) is 11.0 Å². The van der Waals surface area contributed by atoms with Crippen molar-refractivity contribution in [2.75, 3.05) is 6.61 Å². The third-order valence-corrected chi connectivity index (χ3v) is 3.46. The van der Waals surface area contributed by atoms with Gasteiger partial charge in [-0.25, -0.2) is 9.78 Å². The van der Waals surface area contributed by atoms with Gasteiger partial charge in [0.2, 0.25) is 0 Å². The lowest BCUT2D eigenvalue weighted by molar-refractivity contribution is 0.0475. The molecule has 0 saturated carbocycles. The molecule has 0 aliphatic heterocycles. The van der Waals surface area contributed by atoms with Gasteiger partial charge in [0, 0.05) is 0 Å². The van der Waals surface area contributed by atoms with Gasteiger partial charge in [-0.05, 0) is 19.1 Å². The van der Waals surface area contributed by atoms with E-state index in [1.807, 2.05) is 24.3 Å². The number of aromatic amines is 1. The summed E-state index contributed by atoms with van der Waals surface area (Å²) in [4.78, 5) is 19.0. The lowest BCUT2D eigenvalue weighted by Crippen LogP contribution is -2.04. The highest BCUT2D eigenvalue weighted by Crippen LogP contribution is 2.21. The number of rotatable bonds is 5. The average Bonchev–Trinajstić information content (AvgIpc) is 3.11. The highest BCUT2D eigenvalue weighted by molar-refractivity contribution is 7.98. The molecule has 108 valence electrons. The van der Waals surface area contributed by atoms with Gasteiger partial charge in [0.05, 0.1) is 23.4 Å². The first-order valence-electron chi connectivity index (χ1n) is 6.33. The second kappa shape index (κ2) is 5.96. The fourth-order valence-corrected chi connectivity index (χ4v) is 2.38. The summed E-state index contributed by atoms with van der Waals surface area (Å²) in [5.74, 6) is 0.598. The number of ether oxygens (including phenoxy) is 1. The molecule has 2 aromatic heterocycles. The maximum Gasteiger partial charge on any atom is 0.396 e. The number of benzene rings is 1. The Balaban J connectivity index is 1.66. The second-order valence-electron chi connectivity index (χ2n) is 4.08. The Labute approximate surface area is 124 Å². The molecule has 8 heteroatoms. The number of nitrogens with zero attached hydrogens (tertiary/aromatic N) is 3. The summed E-state index contributed by atoms with van der Waals surface area (Å²) in [7, 11) is 0. The highest BCUT2D eigenvalue weighted by atomic mass is 32.2. The van der Waals surface area contributed by atoms with Crippen LogP contribution in [0.1, 0.15) is 23.4 Å². The summed E-state index contributed by atoms with van der Waals surface area (Å²) < 4.78 is 10.00. The number of esters is 1. The van der Waals surface area contributed by atoms with Gasteiger partial charge in [-0.1, -0.05) is 29.0 Å². The van der Waals surface area contributed by atoms with E-state index in [1.165, 1.54) is 11.8 Å². The molecule has 1 N–H and O–H groups in total. The van der Waals surface area contributed by atoms with Crippen LogP contribution in [0.3, 0.4) is 0 Å². The van der Waals surface area contributed by atoms with E-state index in [-0.39, 0.29) is 12.5 Å². The average molecular weight is 304 g/mol. The van der Waals surface area contributed by atoms with Crippen LogP contribution in [0.5, 0.6) is 0 Å². The van der Waals surface area contributed by atoms with Crippen molar-refractivity contribution in [3.8, 4) is 0 Å². The second-order valence-corrected chi connectivity index (χ2v) is 5.01. The molecule has 0 spiro atoms. The first-order valence-corrected chi connectivity index (χ1v) is 7.32. The number of carbonyl (C=O) groups excluding carboxylic acids is 1. The Morgan fingerprint density at radius 3 is 3.05 bits per heavy atom. The molecule has 0 fully saturated rings. The van der Waals surface area contributed by atoms with Crippen molar-refractivity contribution in [3.63, 3.8) is 0 Å². The summed E-state index contributed by atoms with van der Waals surface area (Å²) in [6, 6.07) is 7.78. The smallest absolute Gasteiger partial charge is 0.396 e. The van der Waals surface area contributed by atoms with Crippen LogP contribution in [-0.2, 0) is 10.5 Å². The minimum Gasteiger partial charge on any atom is -0.459 e. The predicted octanol–water partition coefficient (Wildman–Crippen LogP) is 2.41. The topological polar surface area (TPSA) is 93.9 Å². The zero-order chi connectivity index (χ0) is 14.7. The largest absolute Gasteiger partial charge is 0.459 e. The van der Waals surface area contributed by atoms with Crippen molar-refractivity contribution >= 4 is 28.8 Å². The normalized spacial score (nSPS) is 10.9. The highest BCUT2D eigenvalue weighted by Gasteiger charge is 2.16. The van der Waals surface area contributed by atoms with Crippen LogP contribution < -0.4 is 0 Å². The molecule has 0 bridgehead atoms. The standard InChI is InChI=1S/C13H12N4O3S/c1-2-19-12(18)11-16-17-13(20-11)21-7-10-14-8-5-3-4-6-9(8)15-10/h3-6H,2,7H2,1H3,(H,14,15). The predicted molar refractivity (Wildman–Crippen MR) is 75.9 cm³/mol. The molecule has 3 rings (SSSR count). The van der Waals surface area contributed by atoms with Crippen molar-refractivity contribution < 1.29 is 13.9 Å².